The van der Waals surface area contributed by atoms with Gasteiger partial charge in [0, 0.05) is 23.8 Å². The molecule has 3 nitrogen and oxygen atoms in total. The molecular weight excluding hydrogens is 304 g/mol. The number of anilines is 1. The van der Waals surface area contributed by atoms with Gasteiger partial charge in [-0.15, -0.1) is 0 Å². The van der Waals surface area contributed by atoms with Gasteiger partial charge in [0.25, 0.3) is 5.91 Å². The van der Waals surface area contributed by atoms with Crippen molar-refractivity contribution in [3.05, 3.63) is 28.8 Å². The number of rotatable bonds is 6. The molecule has 21 heavy (non-hydrogen) atoms. The number of thioether (sulfide) groups is 1. The molecule has 0 spiro atoms. The fourth-order valence-corrected chi connectivity index (χ4v) is 3.78. The fraction of sp³-hybridized carbons (Fsp3) is 0.562. The molecule has 0 saturated carbocycles. The number of hydrogen-bond donors (Lipinski definition) is 2. The molecule has 0 aliphatic carbocycles. The van der Waals surface area contributed by atoms with Gasteiger partial charge in [0.05, 0.1) is 5.56 Å². The Morgan fingerprint density at radius 1 is 1.38 bits per heavy atom. The van der Waals surface area contributed by atoms with Crippen LogP contribution >= 0.6 is 23.4 Å². The second kappa shape index (κ2) is 8.54. The van der Waals surface area contributed by atoms with Crippen LogP contribution in [-0.4, -0.2) is 30.5 Å². The van der Waals surface area contributed by atoms with Gasteiger partial charge in [-0.25, -0.2) is 0 Å². The molecular formula is C16H23ClN2OS. The summed E-state index contributed by atoms with van der Waals surface area (Å²) in [5.74, 6) is 3.00. The molecule has 1 aliphatic rings. The Morgan fingerprint density at radius 3 is 2.86 bits per heavy atom. The van der Waals surface area contributed by atoms with Crippen LogP contribution < -0.4 is 10.6 Å². The van der Waals surface area contributed by atoms with E-state index >= 15 is 0 Å². The number of benzene rings is 1. The van der Waals surface area contributed by atoms with Crippen LogP contribution in [0.2, 0.25) is 5.02 Å². The lowest BCUT2D eigenvalue weighted by Crippen LogP contribution is -2.31. The maximum Gasteiger partial charge on any atom is 0.253 e. The third-order valence-corrected chi connectivity index (χ3v) is 4.97. The molecule has 1 aromatic rings. The molecule has 116 valence electrons. The molecule has 1 saturated heterocycles. The van der Waals surface area contributed by atoms with E-state index in [0.717, 1.165) is 25.2 Å². The first-order valence-electron chi connectivity index (χ1n) is 7.60. The van der Waals surface area contributed by atoms with Gasteiger partial charge in [-0.05, 0) is 54.9 Å². The summed E-state index contributed by atoms with van der Waals surface area (Å²) >= 11 is 8.04. The first-order valence-corrected chi connectivity index (χ1v) is 9.13. The van der Waals surface area contributed by atoms with E-state index in [1.165, 1.54) is 24.3 Å². The molecule has 0 radical (unpaired) electrons. The highest BCUT2D eigenvalue weighted by Crippen LogP contribution is 2.23. The van der Waals surface area contributed by atoms with Crippen molar-refractivity contribution in [3.8, 4) is 0 Å². The van der Waals surface area contributed by atoms with Crippen molar-refractivity contribution in [2.24, 2.45) is 5.92 Å². The van der Waals surface area contributed by atoms with E-state index < -0.39 is 0 Å². The van der Waals surface area contributed by atoms with E-state index in [0.29, 0.717) is 16.5 Å². The minimum Gasteiger partial charge on any atom is -0.384 e. The van der Waals surface area contributed by atoms with Gasteiger partial charge in [-0.3, -0.25) is 4.79 Å². The topological polar surface area (TPSA) is 41.1 Å². The van der Waals surface area contributed by atoms with Crippen LogP contribution in [0.25, 0.3) is 0 Å². The Hall–Kier alpha value is -0.870. The zero-order chi connectivity index (χ0) is 15.1. The molecule has 1 aromatic carbocycles. The Bertz CT molecular complexity index is 475. The van der Waals surface area contributed by atoms with E-state index in [1.54, 1.807) is 6.07 Å². The fourth-order valence-electron chi connectivity index (χ4n) is 2.40. The van der Waals surface area contributed by atoms with Crippen LogP contribution in [0.4, 0.5) is 5.69 Å². The minimum atomic E-state index is -0.0330. The van der Waals surface area contributed by atoms with E-state index in [2.05, 4.69) is 17.6 Å². The highest BCUT2D eigenvalue weighted by atomic mass is 35.5. The van der Waals surface area contributed by atoms with Gasteiger partial charge in [0.1, 0.15) is 0 Å². The van der Waals surface area contributed by atoms with E-state index in [1.807, 2.05) is 23.9 Å². The minimum absolute atomic E-state index is 0.0330. The second-order valence-corrected chi connectivity index (χ2v) is 7.04. The van der Waals surface area contributed by atoms with Crippen molar-refractivity contribution in [2.75, 3.05) is 29.9 Å². The summed E-state index contributed by atoms with van der Waals surface area (Å²) in [7, 11) is 0. The summed E-state index contributed by atoms with van der Waals surface area (Å²) in [5, 5.41) is 6.95. The normalized spacial score (nSPS) is 15.7. The zero-order valence-corrected chi connectivity index (χ0v) is 14.0. The van der Waals surface area contributed by atoms with Crippen molar-refractivity contribution >= 4 is 35.0 Å². The largest absolute Gasteiger partial charge is 0.384 e. The molecule has 0 unspecified atom stereocenters. The number of amides is 1. The van der Waals surface area contributed by atoms with Gasteiger partial charge in [0.2, 0.25) is 0 Å². The maximum absolute atomic E-state index is 12.4. The van der Waals surface area contributed by atoms with Crippen molar-refractivity contribution in [3.63, 3.8) is 0 Å². The maximum atomic E-state index is 12.4. The number of carbonyl (C=O) groups excluding carboxylic acids is 1. The Labute approximate surface area is 136 Å². The molecule has 1 aliphatic heterocycles. The smallest absolute Gasteiger partial charge is 0.253 e. The summed E-state index contributed by atoms with van der Waals surface area (Å²) in [6.45, 7) is 3.71. The lowest BCUT2D eigenvalue weighted by atomic mass is 10.0. The van der Waals surface area contributed by atoms with Crippen LogP contribution in [0.1, 0.15) is 36.5 Å². The highest BCUT2D eigenvalue weighted by Gasteiger charge is 2.17. The third kappa shape index (κ3) is 5.11. The predicted octanol–water partition coefficient (Wildman–Crippen LogP) is 4.03. The number of halogens is 1. The number of nitrogens with one attached hydrogen (secondary N) is 2. The van der Waals surface area contributed by atoms with Gasteiger partial charge in [0.15, 0.2) is 0 Å². The Kier molecular flexibility index (Phi) is 6.71. The lowest BCUT2D eigenvalue weighted by Gasteiger charge is -2.22. The standard InChI is InChI=1S/C16H23ClN2OS/c1-2-7-18-15-4-3-13(17)10-14(15)16(20)19-11-12-5-8-21-9-6-12/h3-4,10,12,18H,2,5-9,11H2,1H3,(H,19,20). The van der Waals surface area contributed by atoms with Crippen LogP contribution in [-0.2, 0) is 0 Å². The Morgan fingerprint density at radius 2 is 2.14 bits per heavy atom. The van der Waals surface area contributed by atoms with E-state index in [9.17, 15) is 4.79 Å². The zero-order valence-electron chi connectivity index (χ0n) is 12.5. The molecule has 1 fully saturated rings. The van der Waals surface area contributed by atoms with Crippen LogP contribution in [0, 0.1) is 5.92 Å². The third-order valence-electron chi connectivity index (χ3n) is 3.68. The summed E-state index contributed by atoms with van der Waals surface area (Å²) in [6, 6.07) is 5.43. The van der Waals surface area contributed by atoms with E-state index in [4.69, 9.17) is 11.6 Å². The average Bonchev–Trinajstić information content (AvgIpc) is 2.52. The van der Waals surface area contributed by atoms with Crippen LogP contribution in [0.15, 0.2) is 18.2 Å². The molecule has 1 heterocycles. The van der Waals surface area contributed by atoms with Gasteiger partial charge in [-0.2, -0.15) is 11.8 Å². The summed E-state index contributed by atoms with van der Waals surface area (Å²) in [5.41, 5.74) is 1.50. The molecule has 5 heteroatoms. The molecule has 0 aromatic heterocycles. The highest BCUT2D eigenvalue weighted by molar-refractivity contribution is 7.99. The average molecular weight is 327 g/mol. The lowest BCUT2D eigenvalue weighted by molar-refractivity contribution is 0.0947. The number of hydrogen-bond acceptors (Lipinski definition) is 3. The first kappa shape index (κ1) is 16.5. The van der Waals surface area contributed by atoms with Crippen LogP contribution in [0.5, 0.6) is 0 Å². The van der Waals surface area contributed by atoms with Gasteiger partial charge < -0.3 is 10.6 Å². The summed E-state index contributed by atoms with van der Waals surface area (Å²) < 4.78 is 0. The quantitative estimate of drug-likeness (QED) is 0.829. The predicted molar refractivity (Wildman–Crippen MR) is 92.6 cm³/mol. The molecule has 0 atom stereocenters. The Balaban J connectivity index is 1.97. The molecule has 0 bridgehead atoms. The molecule has 1 amide bonds. The summed E-state index contributed by atoms with van der Waals surface area (Å²) in [6.07, 6.45) is 3.41. The van der Waals surface area contributed by atoms with Crippen molar-refractivity contribution in [2.45, 2.75) is 26.2 Å². The van der Waals surface area contributed by atoms with Gasteiger partial charge >= 0.3 is 0 Å². The molecule has 2 rings (SSSR count). The number of carbonyl (C=O) groups is 1. The SMILES string of the molecule is CCCNc1ccc(Cl)cc1C(=O)NCC1CCSCC1. The van der Waals surface area contributed by atoms with Gasteiger partial charge in [-0.1, -0.05) is 18.5 Å². The molecule has 2 N–H and O–H groups in total. The van der Waals surface area contributed by atoms with Crippen molar-refractivity contribution in [1.29, 1.82) is 0 Å². The summed E-state index contributed by atoms with van der Waals surface area (Å²) in [4.78, 5) is 12.4. The van der Waals surface area contributed by atoms with Crippen molar-refractivity contribution in [1.82, 2.24) is 5.32 Å². The van der Waals surface area contributed by atoms with Crippen molar-refractivity contribution < 1.29 is 4.79 Å². The second-order valence-electron chi connectivity index (χ2n) is 5.38. The first-order chi connectivity index (χ1) is 10.2. The monoisotopic (exact) mass is 326 g/mol. The van der Waals surface area contributed by atoms with E-state index in [-0.39, 0.29) is 5.91 Å². The van der Waals surface area contributed by atoms with Crippen LogP contribution in [0.3, 0.4) is 0 Å².